The average molecular weight is 343 g/mol. The molecule has 130 valence electrons. The fourth-order valence-electron chi connectivity index (χ4n) is 2.48. The number of amides is 1. The van der Waals surface area contributed by atoms with Crippen LogP contribution in [-0.2, 0) is 4.79 Å². The van der Waals surface area contributed by atoms with Crippen LogP contribution in [0.25, 0.3) is 0 Å². The number of carbonyl (C=O) groups is 1. The Labute approximate surface area is 144 Å². The number of carbonyl (C=O) groups excluding carboxylic acids is 1. The molecular formula is C17H27ClN2O3. The summed E-state index contributed by atoms with van der Waals surface area (Å²) < 4.78 is 11.6. The van der Waals surface area contributed by atoms with Crippen molar-refractivity contribution in [1.29, 1.82) is 0 Å². The van der Waals surface area contributed by atoms with Gasteiger partial charge < -0.3 is 20.1 Å². The van der Waals surface area contributed by atoms with Crippen LogP contribution in [0.15, 0.2) is 24.3 Å². The van der Waals surface area contributed by atoms with Crippen LogP contribution in [0.5, 0.6) is 11.5 Å². The maximum atomic E-state index is 12.5. The second kappa shape index (κ2) is 8.99. The highest BCUT2D eigenvalue weighted by molar-refractivity contribution is 5.85. The number of rotatable bonds is 6. The van der Waals surface area contributed by atoms with Gasteiger partial charge in [0.15, 0.2) is 17.6 Å². The first-order valence-corrected chi connectivity index (χ1v) is 7.99. The third-order valence-electron chi connectivity index (χ3n) is 4.23. The van der Waals surface area contributed by atoms with E-state index in [1.807, 2.05) is 45.0 Å². The molecule has 0 saturated carbocycles. The predicted octanol–water partition coefficient (Wildman–Crippen LogP) is 2.47. The Hall–Kier alpha value is -1.46. The summed E-state index contributed by atoms with van der Waals surface area (Å²) in [6, 6.07) is 7.13. The summed E-state index contributed by atoms with van der Waals surface area (Å²) in [6.07, 6.45) is 0.726. The molecule has 0 bridgehead atoms. The lowest BCUT2D eigenvalue weighted by molar-refractivity contribution is -0.135. The van der Waals surface area contributed by atoms with Gasteiger partial charge in [0, 0.05) is 6.54 Å². The van der Waals surface area contributed by atoms with Crippen LogP contribution >= 0.6 is 12.4 Å². The van der Waals surface area contributed by atoms with Crippen molar-refractivity contribution in [2.45, 2.75) is 39.3 Å². The molecule has 0 saturated heterocycles. The van der Waals surface area contributed by atoms with E-state index in [9.17, 15) is 4.79 Å². The monoisotopic (exact) mass is 342 g/mol. The lowest BCUT2D eigenvalue weighted by Gasteiger charge is -2.32. The zero-order valence-electron chi connectivity index (χ0n) is 14.0. The van der Waals surface area contributed by atoms with Crippen molar-refractivity contribution in [3.05, 3.63) is 24.3 Å². The molecule has 1 aromatic rings. The summed E-state index contributed by atoms with van der Waals surface area (Å²) in [7, 11) is 0. The first-order chi connectivity index (χ1) is 10.6. The van der Waals surface area contributed by atoms with Crippen molar-refractivity contribution in [3.8, 4) is 11.5 Å². The molecule has 0 spiro atoms. The number of likely N-dealkylation sites (N-methyl/N-ethyl adjacent to an activating group) is 1. The molecule has 2 N–H and O–H groups in total. The summed E-state index contributed by atoms with van der Waals surface area (Å²) in [5.41, 5.74) is 6.07. The van der Waals surface area contributed by atoms with Crippen LogP contribution in [0.1, 0.15) is 27.2 Å². The molecule has 0 radical (unpaired) electrons. The average Bonchev–Trinajstić information content (AvgIpc) is 2.57. The summed E-state index contributed by atoms with van der Waals surface area (Å²) in [6.45, 7) is 7.56. The Bertz CT molecular complexity index is 512. The largest absolute Gasteiger partial charge is 0.486 e. The summed E-state index contributed by atoms with van der Waals surface area (Å²) in [5, 5.41) is 0. The fourth-order valence-corrected chi connectivity index (χ4v) is 2.48. The van der Waals surface area contributed by atoms with E-state index < -0.39 is 6.04 Å². The second-order valence-corrected chi connectivity index (χ2v) is 5.79. The molecule has 3 unspecified atom stereocenters. The van der Waals surface area contributed by atoms with Gasteiger partial charge in [-0.15, -0.1) is 12.4 Å². The van der Waals surface area contributed by atoms with Gasteiger partial charge in [-0.05, 0) is 25.0 Å². The smallest absolute Gasteiger partial charge is 0.239 e. The molecule has 0 aromatic heterocycles. The number of fused-ring (bicyclic) bond motifs is 1. The number of benzene rings is 1. The molecule has 5 nitrogen and oxygen atoms in total. The van der Waals surface area contributed by atoms with E-state index in [4.69, 9.17) is 15.2 Å². The fraction of sp³-hybridized carbons (Fsp3) is 0.588. The van der Waals surface area contributed by atoms with Gasteiger partial charge in [-0.25, -0.2) is 0 Å². The zero-order chi connectivity index (χ0) is 16.1. The molecule has 1 amide bonds. The highest BCUT2D eigenvalue weighted by Crippen LogP contribution is 2.31. The standard InChI is InChI=1S/C17H26N2O3.ClH/c1-4-12(3)16(18)17(20)19(5-2)10-13-11-21-14-8-6-7-9-15(14)22-13;/h6-9,12-13,16H,4-5,10-11,18H2,1-3H3;1H. The highest BCUT2D eigenvalue weighted by atomic mass is 35.5. The number of halogens is 1. The van der Waals surface area contributed by atoms with Crippen molar-refractivity contribution in [3.63, 3.8) is 0 Å². The highest BCUT2D eigenvalue weighted by Gasteiger charge is 2.28. The van der Waals surface area contributed by atoms with E-state index in [-0.39, 0.29) is 30.3 Å². The topological polar surface area (TPSA) is 64.8 Å². The van der Waals surface area contributed by atoms with E-state index in [1.165, 1.54) is 0 Å². The van der Waals surface area contributed by atoms with Crippen LogP contribution in [0, 0.1) is 5.92 Å². The first kappa shape index (κ1) is 19.6. The van der Waals surface area contributed by atoms with Gasteiger partial charge in [-0.1, -0.05) is 32.4 Å². The molecule has 2 rings (SSSR count). The van der Waals surface area contributed by atoms with Crippen LogP contribution in [0.3, 0.4) is 0 Å². The van der Waals surface area contributed by atoms with Crippen molar-refractivity contribution < 1.29 is 14.3 Å². The van der Waals surface area contributed by atoms with Crippen LogP contribution in [0.2, 0.25) is 0 Å². The Morgan fingerprint density at radius 3 is 2.61 bits per heavy atom. The Morgan fingerprint density at radius 2 is 2.00 bits per heavy atom. The van der Waals surface area contributed by atoms with Crippen molar-refractivity contribution >= 4 is 18.3 Å². The Kier molecular flexibility index (Phi) is 7.65. The van der Waals surface area contributed by atoms with E-state index in [1.54, 1.807) is 4.90 Å². The van der Waals surface area contributed by atoms with E-state index in [0.29, 0.717) is 19.7 Å². The third-order valence-corrected chi connectivity index (χ3v) is 4.23. The maximum Gasteiger partial charge on any atom is 0.239 e. The first-order valence-electron chi connectivity index (χ1n) is 7.99. The minimum Gasteiger partial charge on any atom is -0.486 e. The summed E-state index contributed by atoms with van der Waals surface area (Å²) in [5.74, 6) is 1.64. The van der Waals surface area contributed by atoms with Gasteiger partial charge in [0.25, 0.3) is 0 Å². The van der Waals surface area contributed by atoms with E-state index in [0.717, 1.165) is 17.9 Å². The Morgan fingerprint density at radius 1 is 1.35 bits per heavy atom. The quantitative estimate of drug-likeness (QED) is 0.862. The van der Waals surface area contributed by atoms with Gasteiger partial charge in [0.2, 0.25) is 5.91 Å². The number of para-hydroxylation sites is 2. The molecule has 1 aliphatic rings. The van der Waals surface area contributed by atoms with Gasteiger partial charge in [0.05, 0.1) is 12.6 Å². The third kappa shape index (κ3) is 4.75. The molecule has 0 aliphatic carbocycles. The number of hydrogen-bond donors (Lipinski definition) is 1. The normalized spacial score (nSPS) is 18.5. The molecule has 3 atom stereocenters. The lowest BCUT2D eigenvalue weighted by Crippen LogP contribution is -2.51. The van der Waals surface area contributed by atoms with Crippen molar-refractivity contribution in [2.24, 2.45) is 11.7 Å². The lowest BCUT2D eigenvalue weighted by atomic mass is 9.99. The summed E-state index contributed by atoms with van der Waals surface area (Å²) >= 11 is 0. The van der Waals surface area contributed by atoms with Crippen LogP contribution in [0.4, 0.5) is 0 Å². The molecular weight excluding hydrogens is 316 g/mol. The Balaban J connectivity index is 0.00000264. The van der Waals surface area contributed by atoms with Gasteiger partial charge in [0.1, 0.15) is 6.61 Å². The second-order valence-electron chi connectivity index (χ2n) is 5.79. The number of nitrogens with zero attached hydrogens (tertiary/aromatic N) is 1. The summed E-state index contributed by atoms with van der Waals surface area (Å²) in [4.78, 5) is 14.3. The van der Waals surface area contributed by atoms with Crippen molar-refractivity contribution in [1.82, 2.24) is 4.90 Å². The minimum absolute atomic E-state index is 0. The number of hydrogen-bond acceptors (Lipinski definition) is 4. The zero-order valence-corrected chi connectivity index (χ0v) is 14.8. The van der Waals surface area contributed by atoms with Gasteiger partial charge in [-0.2, -0.15) is 0 Å². The number of nitrogens with two attached hydrogens (primary N) is 1. The SMILES string of the molecule is CCC(C)C(N)C(=O)N(CC)CC1COc2ccccc2O1.Cl. The van der Waals surface area contributed by atoms with E-state index in [2.05, 4.69) is 0 Å². The molecule has 1 aromatic carbocycles. The van der Waals surface area contributed by atoms with E-state index >= 15 is 0 Å². The van der Waals surface area contributed by atoms with Crippen LogP contribution in [-0.4, -0.2) is 42.6 Å². The van der Waals surface area contributed by atoms with Gasteiger partial charge >= 0.3 is 0 Å². The maximum absolute atomic E-state index is 12.5. The molecule has 1 aliphatic heterocycles. The molecule has 1 heterocycles. The molecule has 0 fully saturated rings. The van der Waals surface area contributed by atoms with Gasteiger partial charge in [-0.3, -0.25) is 4.79 Å². The van der Waals surface area contributed by atoms with Crippen molar-refractivity contribution in [2.75, 3.05) is 19.7 Å². The number of ether oxygens (including phenoxy) is 2. The molecule has 6 heteroatoms. The van der Waals surface area contributed by atoms with Crippen LogP contribution < -0.4 is 15.2 Å². The minimum atomic E-state index is -0.457. The predicted molar refractivity (Wildman–Crippen MR) is 93.3 cm³/mol. The molecule has 23 heavy (non-hydrogen) atoms.